The fourth-order valence-corrected chi connectivity index (χ4v) is 2.80. The van der Waals surface area contributed by atoms with Crippen LogP contribution in [0.3, 0.4) is 0 Å². The Kier molecular flexibility index (Phi) is 2.90. The molecule has 1 atom stereocenters. The van der Waals surface area contributed by atoms with Crippen LogP contribution in [0.1, 0.15) is 30.1 Å². The van der Waals surface area contributed by atoms with E-state index in [0.29, 0.717) is 5.92 Å². The van der Waals surface area contributed by atoms with Gasteiger partial charge < -0.3 is 5.11 Å². The van der Waals surface area contributed by atoms with Crippen LogP contribution in [0.4, 0.5) is 0 Å². The minimum absolute atomic E-state index is 0.0624. The zero-order valence-electron chi connectivity index (χ0n) is 7.49. The Morgan fingerprint density at radius 1 is 1.69 bits per heavy atom. The number of aliphatic hydroxyl groups excluding tert-OH is 1. The SMILES string of the molecule is OCc1cc(C2CCCSC2)n[nH]1. The van der Waals surface area contributed by atoms with E-state index in [1.54, 1.807) is 0 Å². The van der Waals surface area contributed by atoms with Crippen molar-refractivity contribution in [1.82, 2.24) is 10.2 Å². The second-order valence-corrected chi connectivity index (χ2v) is 4.54. The maximum absolute atomic E-state index is 8.87. The molecule has 4 heteroatoms. The Bertz CT molecular complexity index is 268. The van der Waals surface area contributed by atoms with Crippen LogP contribution in [0.2, 0.25) is 0 Å². The minimum Gasteiger partial charge on any atom is -0.390 e. The molecular formula is C9H14N2OS. The molecule has 13 heavy (non-hydrogen) atoms. The molecule has 1 fully saturated rings. The molecule has 0 spiro atoms. The first-order chi connectivity index (χ1) is 6.40. The number of H-pyrrole nitrogens is 1. The van der Waals surface area contributed by atoms with Crippen molar-refractivity contribution in [3.63, 3.8) is 0 Å². The number of nitrogens with one attached hydrogen (secondary N) is 1. The summed E-state index contributed by atoms with van der Waals surface area (Å²) < 4.78 is 0. The zero-order chi connectivity index (χ0) is 9.10. The molecule has 1 unspecified atom stereocenters. The van der Waals surface area contributed by atoms with Crippen molar-refractivity contribution in [3.05, 3.63) is 17.5 Å². The van der Waals surface area contributed by atoms with Gasteiger partial charge in [-0.25, -0.2) is 0 Å². The van der Waals surface area contributed by atoms with Crippen LogP contribution in [0.5, 0.6) is 0 Å². The van der Waals surface area contributed by atoms with Crippen LogP contribution in [-0.2, 0) is 6.61 Å². The third-order valence-corrected chi connectivity index (χ3v) is 3.62. The van der Waals surface area contributed by atoms with E-state index >= 15 is 0 Å². The van der Waals surface area contributed by atoms with Crippen LogP contribution in [0.25, 0.3) is 0 Å². The van der Waals surface area contributed by atoms with Gasteiger partial charge >= 0.3 is 0 Å². The summed E-state index contributed by atoms with van der Waals surface area (Å²) in [6.45, 7) is 0.0624. The molecule has 1 aliphatic rings. The molecule has 1 saturated heterocycles. The first-order valence-corrected chi connectivity index (χ1v) is 5.78. The number of hydrogen-bond acceptors (Lipinski definition) is 3. The smallest absolute Gasteiger partial charge is 0.0847 e. The van der Waals surface area contributed by atoms with E-state index in [1.165, 1.54) is 24.3 Å². The molecule has 3 nitrogen and oxygen atoms in total. The number of rotatable bonds is 2. The summed E-state index contributed by atoms with van der Waals surface area (Å²) >= 11 is 2.00. The summed E-state index contributed by atoms with van der Waals surface area (Å²) in [4.78, 5) is 0. The molecule has 1 aromatic rings. The molecule has 0 aliphatic carbocycles. The lowest BCUT2D eigenvalue weighted by atomic mass is 10.0. The van der Waals surface area contributed by atoms with Crippen LogP contribution < -0.4 is 0 Å². The summed E-state index contributed by atoms with van der Waals surface area (Å²) in [5.74, 6) is 3.05. The quantitative estimate of drug-likeness (QED) is 0.757. The lowest BCUT2D eigenvalue weighted by molar-refractivity contribution is 0.276. The van der Waals surface area contributed by atoms with E-state index in [2.05, 4.69) is 10.2 Å². The lowest BCUT2D eigenvalue weighted by Gasteiger charge is -2.18. The van der Waals surface area contributed by atoms with Gasteiger partial charge in [0.2, 0.25) is 0 Å². The Hall–Kier alpha value is -0.480. The molecule has 0 aromatic carbocycles. The van der Waals surface area contributed by atoms with Gasteiger partial charge in [-0.3, -0.25) is 5.10 Å². The molecule has 0 saturated carbocycles. The van der Waals surface area contributed by atoms with E-state index in [1.807, 2.05) is 17.8 Å². The molecule has 2 rings (SSSR count). The monoisotopic (exact) mass is 198 g/mol. The highest BCUT2D eigenvalue weighted by molar-refractivity contribution is 7.99. The first kappa shape index (κ1) is 9.09. The third-order valence-electron chi connectivity index (χ3n) is 2.40. The highest BCUT2D eigenvalue weighted by Gasteiger charge is 2.18. The molecule has 72 valence electrons. The number of thioether (sulfide) groups is 1. The lowest BCUT2D eigenvalue weighted by Crippen LogP contribution is -2.08. The van der Waals surface area contributed by atoms with Crippen LogP contribution >= 0.6 is 11.8 Å². The average molecular weight is 198 g/mol. The van der Waals surface area contributed by atoms with Crippen molar-refractivity contribution in [1.29, 1.82) is 0 Å². The Balaban J connectivity index is 2.05. The van der Waals surface area contributed by atoms with Crippen LogP contribution in [0, 0.1) is 0 Å². The maximum atomic E-state index is 8.87. The van der Waals surface area contributed by atoms with Crippen LogP contribution in [0.15, 0.2) is 6.07 Å². The second kappa shape index (κ2) is 4.15. The van der Waals surface area contributed by atoms with Gasteiger partial charge in [0.25, 0.3) is 0 Å². The third kappa shape index (κ3) is 2.06. The van der Waals surface area contributed by atoms with E-state index in [-0.39, 0.29) is 6.61 Å². The Labute approximate surface area is 81.9 Å². The number of aromatic nitrogens is 2. The standard InChI is InChI=1S/C9H14N2OS/c12-5-8-4-9(11-10-8)7-2-1-3-13-6-7/h4,7,12H,1-3,5-6H2,(H,10,11). The predicted octanol–water partition coefficient (Wildman–Crippen LogP) is 1.51. The van der Waals surface area contributed by atoms with Crippen molar-refractivity contribution in [2.45, 2.75) is 25.4 Å². The van der Waals surface area contributed by atoms with Crippen LogP contribution in [-0.4, -0.2) is 26.8 Å². The second-order valence-electron chi connectivity index (χ2n) is 3.39. The highest BCUT2D eigenvalue weighted by Crippen LogP contribution is 2.30. The van der Waals surface area contributed by atoms with Gasteiger partial charge in [0.15, 0.2) is 0 Å². The van der Waals surface area contributed by atoms with Gasteiger partial charge in [0, 0.05) is 11.7 Å². The van der Waals surface area contributed by atoms with Gasteiger partial charge in [-0.1, -0.05) is 0 Å². The molecule has 0 amide bonds. The number of hydrogen-bond donors (Lipinski definition) is 2. The van der Waals surface area contributed by atoms with E-state index in [4.69, 9.17) is 5.11 Å². The number of aromatic amines is 1. The molecule has 0 radical (unpaired) electrons. The number of nitrogens with zero attached hydrogens (tertiary/aromatic N) is 1. The molecule has 2 heterocycles. The number of aliphatic hydroxyl groups is 1. The summed E-state index contributed by atoms with van der Waals surface area (Å²) in [7, 11) is 0. The fraction of sp³-hybridized carbons (Fsp3) is 0.667. The molecule has 1 aliphatic heterocycles. The fourth-order valence-electron chi connectivity index (χ4n) is 1.64. The first-order valence-electron chi connectivity index (χ1n) is 4.63. The molecule has 1 aromatic heterocycles. The van der Waals surface area contributed by atoms with Gasteiger partial charge in [0.05, 0.1) is 18.0 Å². The van der Waals surface area contributed by atoms with Crippen molar-refractivity contribution in [2.24, 2.45) is 0 Å². The van der Waals surface area contributed by atoms with Gasteiger partial charge in [-0.15, -0.1) is 0 Å². The maximum Gasteiger partial charge on any atom is 0.0847 e. The summed E-state index contributed by atoms with van der Waals surface area (Å²) in [5, 5.41) is 15.9. The minimum atomic E-state index is 0.0624. The summed E-state index contributed by atoms with van der Waals surface area (Å²) in [6, 6.07) is 1.98. The Morgan fingerprint density at radius 3 is 3.23 bits per heavy atom. The zero-order valence-corrected chi connectivity index (χ0v) is 8.31. The van der Waals surface area contributed by atoms with E-state index < -0.39 is 0 Å². The van der Waals surface area contributed by atoms with Crippen molar-refractivity contribution in [3.8, 4) is 0 Å². The van der Waals surface area contributed by atoms with E-state index in [9.17, 15) is 0 Å². The summed E-state index contributed by atoms with van der Waals surface area (Å²) in [6.07, 6.45) is 2.53. The molecule has 2 N–H and O–H groups in total. The van der Waals surface area contributed by atoms with Crippen molar-refractivity contribution < 1.29 is 5.11 Å². The Morgan fingerprint density at radius 2 is 2.62 bits per heavy atom. The van der Waals surface area contributed by atoms with Gasteiger partial charge in [0.1, 0.15) is 0 Å². The topological polar surface area (TPSA) is 48.9 Å². The normalized spacial score (nSPS) is 23.3. The largest absolute Gasteiger partial charge is 0.390 e. The van der Waals surface area contributed by atoms with Gasteiger partial charge in [-0.05, 0) is 24.7 Å². The van der Waals surface area contributed by atoms with E-state index in [0.717, 1.165) is 11.4 Å². The van der Waals surface area contributed by atoms with Crippen molar-refractivity contribution >= 4 is 11.8 Å². The van der Waals surface area contributed by atoms with Crippen molar-refractivity contribution in [2.75, 3.05) is 11.5 Å². The average Bonchev–Trinajstić information content (AvgIpc) is 2.67. The molecule has 0 bridgehead atoms. The molecular weight excluding hydrogens is 184 g/mol. The van der Waals surface area contributed by atoms with Gasteiger partial charge in [-0.2, -0.15) is 16.9 Å². The highest BCUT2D eigenvalue weighted by atomic mass is 32.2. The predicted molar refractivity (Wildman–Crippen MR) is 53.8 cm³/mol. The summed E-state index contributed by atoms with van der Waals surface area (Å²) in [5.41, 5.74) is 1.95.